The van der Waals surface area contributed by atoms with Gasteiger partial charge in [0.2, 0.25) is 16.9 Å². The van der Waals surface area contributed by atoms with Crippen LogP contribution >= 0.6 is 23.1 Å². The van der Waals surface area contributed by atoms with Crippen molar-refractivity contribution in [1.82, 2.24) is 20.0 Å². The maximum absolute atomic E-state index is 12.5. The smallest absolute Gasteiger partial charge is 0.233 e. The summed E-state index contributed by atoms with van der Waals surface area (Å²) >= 11 is 2.81. The molecule has 2 aromatic rings. The molecule has 0 atom stereocenters. The number of ether oxygens (including phenoxy) is 1. The highest BCUT2D eigenvalue weighted by Gasteiger charge is 2.35. The molecule has 1 N–H and O–H groups in total. The summed E-state index contributed by atoms with van der Waals surface area (Å²) in [7, 11) is 1.63. The maximum Gasteiger partial charge on any atom is 0.233 e. The van der Waals surface area contributed by atoms with Crippen molar-refractivity contribution < 1.29 is 14.3 Å². The molecule has 0 bridgehead atoms. The standard InChI is InChI=1S/C19H23N5O3S2/c1-27-15-6-4-14(5-7-15)20-18-21-22-19(29-18)28-12-16(25)23-8-10-24(11-9-23)17(26)13-2-3-13/h4-7,13H,2-3,8-12H2,1H3,(H,20,21). The lowest BCUT2D eigenvalue weighted by molar-refractivity contribution is -0.139. The predicted molar refractivity (Wildman–Crippen MR) is 113 cm³/mol. The van der Waals surface area contributed by atoms with Crippen LogP contribution in [-0.2, 0) is 9.59 Å². The van der Waals surface area contributed by atoms with E-state index in [0.717, 1.165) is 28.6 Å². The Morgan fingerprint density at radius 1 is 1.14 bits per heavy atom. The number of anilines is 2. The molecule has 2 heterocycles. The quantitative estimate of drug-likeness (QED) is 0.671. The minimum atomic E-state index is 0.0772. The molecule has 1 saturated heterocycles. The van der Waals surface area contributed by atoms with E-state index in [-0.39, 0.29) is 17.7 Å². The number of aromatic nitrogens is 2. The third-order valence-electron chi connectivity index (χ3n) is 4.94. The number of carbonyl (C=O) groups excluding carboxylic acids is 2. The van der Waals surface area contributed by atoms with Crippen LogP contribution in [0.1, 0.15) is 12.8 Å². The van der Waals surface area contributed by atoms with Gasteiger partial charge in [0, 0.05) is 37.8 Å². The predicted octanol–water partition coefficient (Wildman–Crippen LogP) is 2.46. The van der Waals surface area contributed by atoms with Gasteiger partial charge in [-0.2, -0.15) is 0 Å². The second-order valence-corrected chi connectivity index (χ2v) is 9.20. The second kappa shape index (κ2) is 9.00. The van der Waals surface area contributed by atoms with E-state index in [2.05, 4.69) is 15.5 Å². The van der Waals surface area contributed by atoms with Gasteiger partial charge in [-0.25, -0.2) is 0 Å². The highest BCUT2D eigenvalue weighted by atomic mass is 32.2. The van der Waals surface area contributed by atoms with Crippen LogP contribution in [0.2, 0.25) is 0 Å². The Morgan fingerprint density at radius 2 is 1.83 bits per heavy atom. The number of thioether (sulfide) groups is 1. The Kier molecular flexibility index (Phi) is 6.19. The van der Waals surface area contributed by atoms with E-state index in [4.69, 9.17) is 4.74 Å². The van der Waals surface area contributed by atoms with Crippen molar-refractivity contribution in [3.63, 3.8) is 0 Å². The molecular weight excluding hydrogens is 410 g/mol. The van der Waals surface area contributed by atoms with E-state index in [9.17, 15) is 9.59 Å². The lowest BCUT2D eigenvalue weighted by Crippen LogP contribution is -2.51. The zero-order valence-electron chi connectivity index (χ0n) is 16.2. The number of hydrogen-bond donors (Lipinski definition) is 1. The van der Waals surface area contributed by atoms with E-state index in [1.54, 1.807) is 7.11 Å². The fourth-order valence-corrected chi connectivity index (χ4v) is 4.77. The number of carbonyl (C=O) groups is 2. The Morgan fingerprint density at radius 3 is 2.48 bits per heavy atom. The normalized spacial score (nSPS) is 16.6. The molecule has 4 rings (SSSR count). The van der Waals surface area contributed by atoms with E-state index < -0.39 is 0 Å². The highest BCUT2D eigenvalue weighted by molar-refractivity contribution is 8.01. The molecule has 1 aromatic heterocycles. The van der Waals surface area contributed by atoms with Crippen LogP contribution in [0, 0.1) is 5.92 Å². The van der Waals surface area contributed by atoms with Gasteiger partial charge in [0.05, 0.1) is 12.9 Å². The first-order chi connectivity index (χ1) is 14.1. The van der Waals surface area contributed by atoms with Crippen molar-refractivity contribution in [2.75, 3.05) is 44.4 Å². The van der Waals surface area contributed by atoms with Crippen molar-refractivity contribution in [3.05, 3.63) is 24.3 Å². The Balaban J connectivity index is 1.22. The van der Waals surface area contributed by atoms with Gasteiger partial charge in [0.1, 0.15) is 5.75 Å². The minimum absolute atomic E-state index is 0.0772. The number of rotatable bonds is 7. The molecule has 0 radical (unpaired) electrons. The molecule has 1 aliphatic carbocycles. The summed E-state index contributed by atoms with van der Waals surface area (Å²) in [6.07, 6.45) is 2.04. The fraction of sp³-hybridized carbons (Fsp3) is 0.474. The molecule has 2 fully saturated rings. The minimum Gasteiger partial charge on any atom is -0.497 e. The zero-order chi connectivity index (χ0) is 20.2. The number of nitrogens with one attached hydrogen (secondary N) is 1. The van der Waals surface area contributed by atoms with Crippen LogP contribution in [-0.4, -0.2) is 70.9 Å². The van der Waals surface area contributed by atoms with Crippen LogP contribution in [0.5, 0.6) is 5.75 Å². The van der Waals surface area contributed by atoms with Gasteiger partial charge in [-0.1, -0.05) is 23.1 Å². The third-order valence-corrected chi connectivity index (χ3v) is 6.89. The van der Waals surface area contributed by atoms with Gasteiger partial charge >= 0.3 is 0 Å². The summed E-state index contributed by atoms with van der Waals surface area (Å²) in [5.74, 6) is 1.70. The van der Waals surface area contributed by atoms with Crippen molar-refractivity contribution in [3.8, 4) is 5.75 Å². The second-order valence-electron chi connectivity index (χ2n) is 7.00. The Labute approximate surface area is 177 Å². The lowest BCUT2D eigenvalue weighted by Gasteiger charge is -2.34. The summed E-state index contributed by atoms with van der Waals surface area (Å²) in [6, 6.07) is 7.56. The van der Waals surface area contributed by atoms with Crippen LogP contribution in [0.3, 0.4) is 0 Å². The van der Waals surface area contributed by atoms with Crippen molar-refractivity contribution in [1.29, 1.82) is 0 Å². The van der Waals surface area contributed by atoms with E-state index in [0.29, 0.717) is 37.1 Å². The number of piperazine rings is 1. The molecule has 1 saturated carbocycles. The monoisotopic (exact) mass is 433 g/mol. The molecule has 0 unspecified atom stereocenters. The first-order valence-electron chi connectivity index (χ1n) is 9.56. The van der Waals surface area contributed by atoms with E-state index >= 15 is 0 Å². The lowest BCUT2D eigenvalue weighted by atomic mass is 10.2. The molecule has 29 heavy (non-hydrogen) atoms. The van der Waals surface area contributed by atoms with Crippen LogP contribution in [0.4, 0.5) is 10.8 Å². The summed E-state index contributed by atoms with van der Waals surface area (Å²) in [6.45, 7) is 2.50. The number of benzene rings is 1. The maximum atomic E-state index is 12.5. The molecule has 1 aromatic carbocycles. The summed E-state index contributed by atoms with van der Waals surface area (Å²) in [5.41, 5.74) is 0.896. The van der Waals surface area contributed by atoms with Crippen LogP contribution in [0.15, 0.2) is 28.6 Å². The zero-order valence-corrected chi connectivity index (χ0v) is 17.8. The fourth-order valence-electron chi connectivity index (χ4n) is 3.10. The molecule has 10 heteroatoms. The van der Waals surface area contributed by atoms with Gasteiger partial charge in [-0.3, -0.25) is 9.59 Å². The van der Waals surface area contributed by atoms with E-state index in [1.807, 2.05) is 34.1 Å². The molecule has 154 valence electrons. The van der Waals surface area contributed by atoms with Gasteiger partial charge in [-0.15, -0.1) is 10.2 Å². The van der Waals surface area contributed by atoms with Gasteiger partial charge < -0.3 is 19.9 Å². The van der Waals surface area contributed by atoms with E-state index in [1.165, 1.54) is 23.1 Å². The number of methoxy groups -OCH3 is 1. The Bertz CT molecular complexity index is 861. The Hall–Kier alpha value is -2.33. The molecular formula is C19H23N5O3S2. The molecule has 2 aliphatic rings. The molecule has 2 amide bonds. The van der Waals surface area contributed by atoms with Crippen LogP contribution in [0.25, 0.3) is 0 Å². The largest absolute Gasteiger partial charge is 0.497 e. The summed E-state index contributed by atoms with van der Waals surface area (Å²) in [5, 5.41) is 12.2. The number of nitrogens with zero attached hydrogens (tertiary/aromatic N) is 4. The SMILES string of the molecule is COc1ccc(Nc2nnc(SCC(=O)N3CCN(C(=O)C4CC4)CC3)s2)cc1. The highest BCUT2D eigenvalue weighted by Crippen LogP contribution is 2.31. The molecule has 1 aliphatic heterocycles. The van der Waals surface area contributed by atoms with Crippen LogP contribution < -0.4 is 10.1 Å². The third kappa shape index (κ3) is 5.18. The number of hydrogen-bond acceptors (Lipinski definition) is 8. The van der Waals surface area contributed by atoms with Gasteiger partial charge in [0.15, 0.2) is 4.34 Å². The summed E-state index contributed by atoms with van der Waals surface area (Å²) < 4.78 is 5.89. The first-order valence-corrected chi connectivity index (χ1v) is 11.4. The number of amides is 2. The van der Waals surface area contributed by atoms with Crippen molar-refractivity contribution in [2.45, 2.75) is 17.2 Å². The van der Waals surface area contributed by atoms with Crippen molar-refractivity contribution in [2.24, 2.45) is 5.92 Å². The van der Waals surface area contributed by atoms with Crippen molar-refractivity contribution >= 4 is 45.7 Å². The first kappa shape index (κ1) is 20.0. The summed E-state index contributed by atoms with van der Waals surface area (Å²) in [4.78, 5) is 28.3. The van der Waals surface area contributed by atoms with Gasteiger partial charge in [0.25, 0.3) is 0 Å². The molecule has 0 spiro atoms. The average Bonchev–Trinajstić information content (AvgIpc) is 3.52. The average molecular weight is 434 g/mol. The topological polar surface area (TPSA) is 87.7 Å². The molecule has 8 nitrogen and oxygen atoms in total. The van der Waals surface area contributed by atoms with Gasteiger partial charge in [-0.05, 0) is 37.1 Å².